The summed E-state index contributed by atoms with van der Waals surface area (Å²) in [6, 6.07) is 5.01. The van der Waals surface area contributed by atoms with Crippen molar-refractivity contribution in [2.75, 3.05) is 7.11 Å². The van der Waals surface area contributed by atoms with E-state index in [0.717, 1.165) is 12.8 Å². The van der Waals surface area contributed by atoms with Crippen LogP contribution < -0.4 is 15.6 Å². The lowest BCUT2D eigenvalue weighted by atomic mass is 10.1. The number of hydrogen-bond acceptors (Lipinski definition) is 3. The number of halogens is 1. The predicted octanol–water partition coefficient (Wildman–Crippen LogP) is 5.92. The largest absolute Gasteiger partial charge is 0.496 e. The number of carbonyl (C=O) groups excluding carboxylic acids is 2. The summed E-state index contributed by atoms with van der Waals surface area (Å²) < 4.78 is 5.82. The minimum Gasteiger partial charge on any atom is -0.496 e. The molecule has 5 nitrogen and oxygen atoms in total. The molecule has 158 valence electrons. The van der Waals surface area contributed by atoms with Crippen LogP contribution in [-0.2, 0) is 4.79 Å². The van der Waals surface area contributed by atoms with Crippen molar-refractivity contribution in [3.8, 4) is 5.75 Å². The van der Waals surface area contributed by atoms with Crippen LogP contribution in [0.15, 0.2) is 22.7 Å². The Morgan fingerprint density at radius 1 is 0.893 bits per heavy atom. The lowest BCUT2D eigenvalue weighted by Gasteiger charge is -2.09. The molecule has 2 amide bonds. The van der Waals surface area contributed by atoms with Gasteiger partial charge in [0, 0.05) is 12.0 Å². The van der Waals surface area contributed by atoms with Crippen molar-refractivity contribution in [1.29, 1.82) is 0 Å². The molecule has 0 saturated carbocycles. The quantitative estimate of drug-likeness (QED) is 0.270. The van der Waals surface area contributed by atoms with Gasteiger partial charge in [-0.25, -0.2) is 0 Å². The van der Waals surface area contributed by atoms with E-state index < -0.39 is 0 Å². The molecule has 1 aromatic carbocycles. The highest BCUT2D eigenvalue weighted by Gasteiger charge is 2.10. The molecule has 0 fully saturated rings. The Morgan fingerprint density at radius 2 is 1.46 bits per heavy atom. The van der Waals surface area contributed by atoms with Crippen molar-refractivity contribution in [1.82, 2.24) is 10.9 Å². The van der Waals surface area contributed by atoms with E-state index in [-0.39, 0.29) is 11.8 Å². The van der Waals surface area contributed by atoms with E-state index in [1.807, 2.05) is 0 Å². The number of nitrogens with one attached hydrogen (secondary N) is 2. The Kier molecular flexibility index (Phi) is 13.4. The maximum Gasteiger partial charge on any atom is 0.269 e. The molecule has 1 rings (SSSR count). The zero-order chi connectivity index (χ0) is 20.6. The van der Waals surface area contributed by atoms with Gasteiger partial charge in [0.15, 0.2) is 0 Å². The van der Waals surface area contributed by atoms with Crippen LogP contribution in [0.5, 0.6) is 5.75 Å². The standard InChI is InChI=1S/C22H35BrN2O3/c1-3-4-5-6-7-8-9-10-11-12-13-14-21(26)24-25-22(27)18-15-16-20(28-2)19(23)17-18/h15-17H,3-14H2,1-2H3,(H,24,26)(H,25,27). The molecule has 0 aliphatic carbocycles. The van der Waals surface area contributed by atoms with Crippen LogP contribution >= 0.6 is 15.9 Å². The molecule has 0 aromatic heterocycles. The molecule has 0 bridgehead atoms. The molecule has 0 aliphatic heterocycles. The molecular weight excluding hydrogens is 420 g/mol. The molecule has 0 atom stereocenters. The van der Waals surface area contributed by atoms with Gasteiger partial charge in [-0.15, -0.1) is 0 Å². The lowest BCUT2D eigenvalue weighted by Crippen LogP contribution is -2.41. The van der Waals surface area contributed by atoms with Crippen LogP contribution in [0.4, 0.5) is 0 Å². The molecule has 28 heavy (non-hydrogen) atoms. The summed E-state index contributed by atoms with van der Waals surface area (Å²) in [6.45, 7) is 2.24. The minimum atomic E-state index is -0.351. The van der Waals surface area contributed by atoms with Gasteiger partial charge in [-0.3, -0.25) is 20.4 Å². The first-order valence-electron chi connectivity index (χ1n) is 10.5. The maximum absolute atomic E-state index is 12.1. The van der Waals surface area contributed by atoms with Gasteiger partial charge >= 0.3 is 0 Å². The number of unbranched alkanes of at least 4 members (excludes halogenated alkanes) is 10. The van der Waals surface area contributed by atoms with Gasteiger partial charge in [-0.05, 0) is 40.5 Å². The Bertz CT molecular complexity index is 593. The first-order valence-corrected chi connectivity index (χ1v) is 11.3. The fraction of sp³-hybridized carbons (Fsp3) is 0.636. The topological polar surface area (TPSA) is 67.4 Å². The van der Waals surface area contributed by atoms with Crippen LogP contribution in [0.3, 0.4) is 0 Å². The number of ether oxygens (including phenoxy) is 1. The molecule has 2 N–H and O–H groups in total. The third-order valence-corrected chi connectivity index (χ3v) is 5.36. The second-order valence-corrected chi connectivity index (χ2v) is 7.99. The fourth-order valence-corrected chi connectivity index (χ4v) is 3.56. The summed E-state index contributed by atoms with van der Waals surface area (Å²) in [5.41, 5.74) is 5.38. The molecule has 6 heteroatoms. The number of hydrazine groups is 1. The summed E-state index contributed by atoms with van der Waals surface area (Å²) in [7, 11) is 1.56. The number of rotatable bonds is 14. The molecule has 0 spiro atoms. The first-order chi connectivity index (χ1) is 13.6. The van der Waals surface area contributed by atoms with Crippen molar-refractivity contribution >= 4 is 27.7 Å². The fourth-order valence-electron chi connectivity index (χ4n) is 3.02. The second-order valence-electron chi connectivity index (χ2n) is 7.14. The van der Waals surface area contributed by atoms with Crippen LogP contribution in [0, 0.1) is 0 Å². The molecule has 0 heterocycles. The van der Waals surface area contributed by atoms with E-state index in [1.54, 1.807) is 25.3 Å². The zero-order valence-electron chi connectivity index (χ0n) is 17.3. The van der Waals surface area contributed by atoms with Crippen molar-refractivity contribution < 1.29 is 14.3 Å². The molecule has 0 saturated heterocycles. The van der Waals surface area contributed by atoms with Crippen LogP contribution in [0.25, 0.3) is 0 Å². The average Bonchev–Trinajstić information content (AvgIpc) is 2.70. The summed E-state index contributed by atoms with van der Waals surface area (Å²) in [5, 5.41) is 0. The number of hydrogen-bond donors (Lipinski definition) is 2. The second kappa shape index (κ2) is 15.4. The molecule has 1 aromatic rings. The van der Waals surface area contributed by atoms with Gasteiger partial charge in [-0.1, -0.05) is 71.1 Å². The van der Waals surface area contributed by atoms with Crippen LogP contribution in [0.2, 0.25) is 0 Å². The number of benzene rings is 1. The normalized spacial score (nSPS) is 10.5. The van der Waals surface area contributed by atoms with E-state index in [2.05, 4.69) is 33.7 Å². The highest BCUT2D eigenvalue weighted by Crippen LogP contribution is 2.25. The predicted molar refractivity (Wildman–Crippen MR) is 117 cm³/mol. The Labute approximate surface area is 178 Å². The summed E-state index contributed by atoms with van der Waals surface area (Å²) in [6.07, 6.45) is 14.2. The maximum atomic E-state index is 12.1. The minimum absolute atomic E-state index is 0.156. The summed E-state index contributed by atoms with van der Waals surface area (Å²) in [5.74, 6) is 0.143. The van der Waals surface area contributed by atoms with E-state index in [9.17, 15) is 9.59 Å². The van der Waals surface area contributed by atoms with Gasteiger partial charge in [0.05, 0.1) is 11.6 Å². The third kappa shape index (κ3) is 10.7. The average molecular weight is 455 g/mol. The van der Waals surface area contributed by atoms with Crippen molar-refractivity contribution in [3.05, 3.63) is 28.2 Å². The van der Waals surface area contributed by atoms with Gasteiger partial charge < -0.3 is 4.74 Å². The molecule has 0 unspecified atom stereocenters. The van der Waals surface area contributed by atoms with Crippen molar-refractivity contribution in [2.24, 2.45) is 0 Å². The van der Waals surface area contributed by atoms with Gasteiger partial charge in [-0.2, -0.15) is 0 Å². The Hall–Kier alpha value is -1.56. The number of carbonyl (C=O) groups is 2. The van der Waals surface area contributed by atoms with E-state index in [0.29, 0.717) is 22.2 Å². The van der Waals surface area contributed by atoms with Crippen molar-refractivity contribution in [3.63, 3.8) is 0 Å². The third-order valence-electron chi connectivity index (χ3n) is 4.74. The molecular formula is C22H35BrN2O3. The SMILES string of the molecule is CCCCCCCCCCCCCC(=O)NNC(=O)c1ccc(OC)c(Br)c1. The van der Waals surface area contributed by atoms with E-state index >= 15 is 0 Å². The highest BCUT2D eigenvalue weighted by molar-refractivity contribution is 9.10. The number of amides is 2. The molecule has 0 radical (unpaired) electrons. The summed E-state index contributed by atoms with van der Waals surface area (Å²) in [4.78, 5) is 23.9. The van der Waals surface area contributed by atoms with E-state index in [1.165, 1.54) is 57.8 Å². The summed E-state index contributed by atoms with van der Waals surface area (Å²) >= 11 is 3.34. The van der Waals surface area contributed by atoms with Crippen molar-refractivity contribution in [2.45, 2.75) is 84.0 Å². The molecule has 0 aliphatic rings. The lowest BCUT2D eigenvalue weighted by molar-refractivity contribution is -0.122. The smallest absolute Gasteiger partial charge is 0.269 e. The van der Waals surface area contributed by atoms with E-state index in [4.69, 9.17) is 4.74 Å². The zero-order valence-corrected chi connectivity index (χ0v) is 18.9. The van der Waals surface area contributed by atoms with Gasteiger partial charge in [0.25, 0.3) is 5.91 Å². The van der Waals surface area contributed by atoms with Crippen LogP contribution in [-0.4, -0.2) is 18.9 Å². The Balaban J connectivity index is 2.05. The Morgan fingerprint density at radius 3 is 2.00 bits per heavy atom. The number of methoxy groups -OCH3 is 1. The van der Waals surface area contributed by atoms with Gasteiger partial charge in [0.1, 0.15) is 5.75 Å². The highest BCUT2D eigenvalue weighted by atomic mass is 79.9. The first kappa shape index (κ1) is 24.5. The monoisotopic (exact) mass is 454 g/mol. The van der Waals surface area contributed by atoms with Gasteiger partial charge in [0.2, 0.25) is 5.91 Å². The van der Waals surface area contributed by atoms with Crippen LogP contribution in [0.1, 0.15) is 94.3 Å².